The lowest BCUT2D eigenvalue weighted by molar-refractivity contribution is -0.123. The summed E-state index contributed by atoms with van der Waals surface area (Å²) in [6, 6.07) is 7.68. The Morgan fingerprint density at radius 1 is 1.36 bits per heavy atom. The molecule has 0 radical (unpaired) electrons. The molecule has 4 N–H and O–H groups in total. The number of aromatic amines is 1. The highest BCUT2D eigenvalue weighted by Crippen LogP contribution is 2.57. The fourth-order valence-corrected chi connectivity index (χ4v) is 4.21. The molecule has 33 heavy (non-hydrogen) atoms. The number of nitrogens with one attached hydrogen (secondary N) is 2. The summed E-state index contributed by atoms with van der Waals surface area (Å²) in [4.78, 5) is 16.2. The van der Waals surface area contributed by atoms with E-state index in [2.05, 4.69) is 31.6 Å². The van der Waals surface area contributed by atoms with E-state index in [0.29, 0.717) is 17.5 Å². The number of H-pyrrole nitrogens is 1. The molecule has 2 unspecified atom stereocenters. The van der Waals surface area contributed by atoms with Crippen LogP contribution in [-0.2, 0) is 4.79 Å². The maximum atomic E-state index is 13.1. The maximum Gasteiger partial charge on any atom is 0.143 e. The van der Waals surface area contributed by atoms with Gasteiger partial charge in [0.2, 0.25) is 0 Å². The first-order chi connectivity index (χ1) is 15.8. The third kappa shape index (κ3) is 6.55. The summed E-state index contributed by atoms with van der Waals surface area (Å²) in [6.45, 7) is 16.0. The second kappa shape index (κ2) is 12.0. The van der Waals surface area contributed by atoms with Crippen molar-refractivity contribution in [2.45, 2.75) is 46.0 Å². The van der Waals surface area contributed by atoms with E-state index in [0.717, 1.165) is 47.6 Å². The standard InChI is InChI=1S/C29H37N3O/c1-6-8-17-29(19-27(29)22(4)31)28(33)14-9-12-24(11-7-2)21(3)25-13-10-18-32-23(5)26(20-30)16-15-25/h7,9-13,15-16,18,20,27,31-32H,2-3,5-6,8,14,17,19,30H2,1,4H3/b12-9+,16-15?,18-10?,24-11+,25-13?,26-20-,31-22?. The number of ketones is 1. The molecule has 2 rings (SSSR count). The average Bonchev–Trinajstić information content (AvgIpc) is 3.52. The van der Waals surface area contributed by atoms with Crippen LogP contribution in [0.25, 0.3) is 18.4 Å². The first kappa shape index (κ1) is 25.9. The summed E-state index contributed by atoms with van der Waals surface area (Å²) in [5.41, 5.74) is 8.61. The van der Waals surface area contributed by atoms with Crippen LogP contribution < -0.4 is 16.3 Å². The van der Waals surface area contributed by atoms with Crippen LogP contribution in [0.5, 0.6) is 0 Å². The zero-order valence-corrected chi connectivity index (χ0v) is 20.0. The minimum atomic E-state index is -0.334. The molecule has 0 spiro atoms. The zero-order valence-electron chi connectivity index (χ0n) is 20.0. The molecule has 4 heteroatoms. The van der Waals surface area contributed by atoms with Crippen LogP contribution in [-0.4, -0.2) is 16.5 Å². The lowest BCUT2D eigenvalue weighted by Crippen LogP contribution is -2.25. The molecule has 1 fully saturated rings. The maximum absolute atomic E-state index is 13.1. The number of carbonyl (C=O) groups is 1. The molecule has 2 atom stereocenters. The van der Waals surface area contributed by atoms with E-state index in [1.165, 1.54) is 6.20 Å². The number of hydrogen-bond donors (Lipinski definition) is 3. The lowest BCUT2D eigenvalue weighted by atomic mass is 9.88. The molecule has 0 saturated heterocycles. The molecule has 0 aliphatic heterocycles. The molecule has 1 saturated carbocycles. The fourth-order valence-electron chi connectivity index (χ4n) is 4.21. The zero-order chi connectivity index (χ0) is 24.4. The third-order valence-electron chi connectivity index (χ3n) is 6.32. The minimum absolute atomic E-state index is 0.109. The molecule has 174 valence electrons. The predicted molar refractivity (Wildman–Crippen MR) is 141 cm³/mol. The van der Waals surface area contributed by atoms with Gasteiger partial charge in [0, 0.05) is 46.4 Å². The number of rotatable bonds is 11. The van der Waals surface area contributed by atoms with Crippen LogP contribution in [0.2, 0.25) is 0 Å². The van der Waals surface area contributed by atoms with E-state index in [4.69, 9.17) is 11.1 Å². The van der Waals surface area contributed by atoms with Crippen LogP contribution in [0, 0.1) is 16.7 Å². The van der Waals surface area contributed by atoms with Gasteiger partial charge in [0.25, 0.3) is 0 Å². The van der Waals surface area contributed by atoms with Crippen molar-refractivity contribution < 1.29 is 4.79 Å². The second-order valence-electron chi connectivity index (χ2n) is 8.62. The molecule has 1 heterocycles. The summed E-state index contributed by atoms with van der Waals surface area (Å²) in [6.07, 6.45) is 14.9. The van der Waals surface area contributed by atoms with Crippen molar-refractivity contribution in [2.75, 3.05) is 0 Å². The van der Waals surface area contributed by atoms with Crippen LogP contribution >= 0.6 is 0 Å². The van der Waals surface area contributed by atoms with E-state index >= 15 is 0 Å². The highest BCUT2D eigenvalue weighted by atomic mass is 16.1. The number of unbranched alkanes of at least 4 members (excludes halogenated alkanes) is 1. The van der Waals surface area contributed by atoms with Gasteiger partial charge < -0.3 is 16.1 Å². The molecule has 1 aliphatic carbocycles. The van der Waals surface area contributed by atoms with Crippen LogP contribution in [0.1, 0.15) is 51.5 Å². The van der Waals surface area contributed by atoms with Gasteiger partial charge in [-0.2, -0.15) is 0 Å². The number of aromatic nitrogens is 1. The number of Topliss-reactive ketones (excluding diaryl/α,β-unsaturated/α-hetero) is 1. The van der Waals surface area contributed by atoms with Gasteiger partial charge in [-0.15, -0.1) is 0 Å². The van der Waals surface area contributed by atoms with E-state index in [1.807, 2.05) is 49.4 Å². The average molecular weight is 444 g/mol. The first-order valence-electron chi connectivity index (χ1n) is 11.5. The summed E-state index contributed by atoms with van der Waals surface area (Å²) < 4.78 is 0. The number of nitrogens with two attached hydrogens (primary N) is 1. The predicted octanol–water partition coefficient (Wildman–Crippen LogP) is 5.12. The summed E-state index contributed by atoms with van der Waals surface area (Å²) in [7, 11) is 0. The summed E-state index contributed by atoms with van der Waals surface area (Å²) in [5, 5.41) is 9.51. The molecule has 1 aliphatic rings. The topological polar surface area (TPSA) is 82.7 Å². The molecule has 1 aromatic heterocycles. The second-order valence-corrected chi connectivity index (χ2v) is 8.62. The molecule has 0 bridgehead atoms. The molecule has 4 nitrogen and oxygen atoms in total. The summed E-state index contributed by atoms with van der Waals surface area (Å²) >= 11 is 0. The van der Waals surface area contributed by atoms with Crippen LogP contribution in [0.15, 0.2) is 73.5 Å². The van der Waals surface area contributed by atoms with Crippen LogP contribution in [0.4, 0.5) is 0 Å². The van der Waals surface area contributed by atoms with Crippen molar-refractivity contribution in [3.05, 3.63) is 89.6 Å². The smallest absolute Gasteiger partial charge is 0.143 e. The summed E-state index contributed by atoms with van der Waals surface area (Å²) in [5.74, 6) is 0.344. The van der Waals surface area contributed by atoms with Gasteiger partial charge in [-0.25, -0.2) is 0 Å². The van der Waals surface area contributed by atoms with Crippen molar-refractivity contribution in [1.29, 1.82) is 5.41 Å². The third-order valence-corrected chi connectivity index (χ3v) is 6.32. The van der Waals surface area contributed by atoms with Crippen molar-refractivity contribution in [1.82, 2.24) is 4.98 Å². The van der Waals surface area contributed by atoms with E-state index in [9.17, 15) is 4.79 Å². The van der Waals surface area contributed by atoms with Gasteiger partial charge in [-0.05, 0) is 42.5 Å². The Labute approximate surface area is 197 Å². The van der Waals surface area contributed by atoms with E-state index in [-0.39, 0.29) is 17.1 Å². The quantitative estimate of drug-likeness (QED) is 0.327. The Balaban J connectivity index is 2.26. The molecular weight excluding hydrogens is 406 g/mol. The highest BCUT2D eigenvalue weighted by molar-refractivity contribution is 5.98. The number of hydrogen-bond acceptors (Lipinski definition) is 3. The minimum Gasteiger partial charge on any atom is -0.404 e. The monoisotopic (exact) mass is 443 g/mol. The van der Waals surface area contributed by atoms with E-state index < -0.39 is 0 Å². The van der Waals surface area contributed by atoms with Gasteiger partial charge in [-0.3, -0.25) is 4.79 Å². The van der Waals surface area contributed by atoms with Gasteiger partial charge >= 0.3 is 0 Å². The normalized spacial score (nSPS) is 20.4. The molecule has 0 amide bonds. The Morgan fingerprint density at radius 2 is 2.12 bits per heavy atom. The van der Waals surface area contributed by atoms with Gasteiger partial charge in [-0.1, -0.05) is 82.0 Å². The Kier molecular flexibility index (Phi) is 9.41. The van der Waals surface area contributed by atoms with Gasteiger partial charge in [0.15, 0.2) is 0 Å². The van der Waals surface area contributed by atoms with Crippen LogP contribution in [0.3, 0.4) is 0 Å². The first-order valence-corrected chi connectivity index (χ1v) is 11.5. The number of carbonyl (C=O) groups excluding carboxylic acids is 1. The molecule has 0 aromatic carbocycles. The SMILES string of the molecule is C=C/C=C(\C=C\CC(=O)C1(CCCC)CC1C(C)=N)C(=C)c1ccc[nH]c(=C)/c(=C\N)cc1. The highest BCUT2D eigenvalue weighted by Gasteiger charge is 2.58. The Bertz CT molecular complexity index is 1130. The molecular formula is C29H37N3O. The van der Waals surface area contributed by atoms with Gasteiger partial charge in [0.1, 0.15) is 5.78 Å². The lowest BCUT2D eigenvalue weighted by Gasteiger charge is -2.15. The van der Waals surface area contributed by atoms with E-state index in [1.54, 1.807) is 12.3 Å². The Hall–Kier alpha value is -3.40. The number of allylic oxidation sites excluding steroid dienone is 6. The van der Waals surface area contributed by atoms with Gasteiger partial charge in [0.05, 0.1) is 0 Å². The van der Waals surface area contributed by atoms with Crippen molar-refractivity contribution in [2.24, 2.45) is 17.1 Å². The largest absolute Gasteiger partial charge is 0.404 e. The fraction of sp³-hybridized carbons (Fsp3) is 0.310. The van der Waals surface area contributed by atoms with Crippen molar-refractivity contribution >= 4 is 29.8 Å². The van der Waals surface area contributed by atoms with Crippen molar-refractivity contribution in [3.63, 3.8) is 0 Å². The van der Waals surface area contributed by atoms with Crippen molar-refractivity contribution in [3.8, 4) is 0 Å². The Morgan fingerprint density at radius 3 is 2.73 bits per heavy atom. The molecule has 1 aromatic rings.